The second-order valence-electron chi connectivity index (χ2n) is 16.6. The molecule has 4 aliphatic carbocycles. The highest BCUT2D eigenvalue weighted by molar-refractivity contribution is 5.68. The third-order valence-corrected chi connectivity index (χ3v) is 13.1. The summed E-state index contributed by atoms with van der Waals surface area (Å²) in [6.07, 6.45) is 15.4. The van der Waals surface area contributed by atoms with E-state index in [-0.39, 0.29) is 17.6 Å². The predicted octanol–water partition coefficient (Wildman–Crippen LogP) is 6.28. The van der Waals surface area contributed by atoms with Crippen LogP contribution in [-0.2, 0) is 4.74 Å². The Morgan fingerprint density at radius 2 is 1.63 bits per heavy atom. The Bertz CT molecular complexity index is 1020. The highest BCUT2D eigenvalue weighted by atomic mass is 16.6. The van der Waals surface area contributed by atoms with Crippen molar-refractivity contribution in [1.29, 1.82) is 0 Å². The Labute approximate surface area is 281 Å². The Balaban J connectivity index is 1.46. The van der Waals surface area contributed by atoms with E-state index >= 15 is 0 Å². The lowest BCUT2D eigenvalue weighted by molar-refractivity contribution is -0.0612. The highest BCUT2D eigenvalue weighted by Crippen LogP contribution is 2.67. The van der Waals surface area contributed by atoms with E-state index in [0.29, 0.717) is 18.3 Å². The number of carbonyl (C=O) groups is 1. The van der Waals surface area contributed by atoms with Crippen molar-refractivity contribution in [2.24, 2.45) is 69.3 Å². The minimum atomic E-state index is -0.773. The number of nitrogens with one attached hydrogen (secondary N) is 2. The van der Waals surface area contributed by atoms with Gasteiger partial charge in [0.2, 0.25) is 0 Å². The first-order valence-corrected chi connectivity index (χ1v) is 19.0. The molecule has 9 heteroatoms. The van der Waals surface area contributed by atoms with Gasteiger partial charge in [-0.1, -0.05) is 85.8 Å². The molecule has 3 fully saturated rings. The van der Waals surface area contributed by atoms with Crippen LogP contribution in [0, 0.1) is 46.3 Å². The van der Waals surface area contributed by atoms with E-state index in [4.69, 9.17) is 27.7 Å². The molecular formula is C37H71N7O2. The molecule has 4 rings (SSSR count). The molecule has 266 valence electrons. The number of rotatable bonds is 15. The molecule has 4 aliphatic rings. The summed E-state index contributed by atoms with van der Waals surface area (Å²) in [7, 11) is 0. The number of nitrogens with zero attached hydrogens (tertiary/aromatic N) is 1. The van der Waals surface area contributed by atoms with Gasteiger partial charge in [-0.2, -0.15) is 0 Å². The standard InChI is InChI=1S/C37H71N7O2/c1-8-11-32(43-34(40)41)44(31(9-2)42-33(38)39)35(45)46-26-18-20-36(6)25(22-26)14-15-27-29-17-16-28(24(5)13-10-12-23(3)4)37(29,7)21-19-30(27)36/h14,23-24,26-34,42-43H,8-13,15-22,38-41H2,1-7H3. The molecule has 0 spiro atoms. The highest BCUT2D eigenvalue weighted by Gasteiger charge is 2.59. The fourth-order valence-corrected chi connectivity index (χ4v) is 10.8. The summed E-state index contributed by atoms with van der Waals surface area (Å²) in [6, 6.07) is 0. The van der Waals surface area contributed by atoms with Crippen LogP contribution in [0.1, 0.15) is 138 Å². The average Bonchev–Trinajstić information content (AvgIpc) is 3.33. The largest absolute Gasteiger partial charge is 0.446 e. The van der Waals surface area contributed by atoms with Crippen molar-refractivity contribution >= 4 is 6.09 Å². The van der Waals surface area contributed by atoms with Gasteiger partial charge in [0, 0.05) is 6.42 Å². The zero-order valence-electron chi connectivity index (χ0n) is 30.4. The molecule has 0 radical (unpaired) electrons. The lowest BCUT2D eigenvalue weighted by Gasteiger charge is -2.58. The zero-order chi connectivity index (χ0) is 33.8. The van der Waals surface area contributed by atoms with Gasteiger partial charge in [0.15, 0.2) is 0 Å². The fraction of sp³-hybridized carbons (Fsp3) is 0.919. The third-order valence-electron chi connectivity index (χ3n) is 13.1. The molecule has 0 aliphatic heterocycles. The molecule has 0 aromatic heterocycles. The van der Waals surface area contributed by atoms with Crippen molar-refractivity contribution in [3.63, 3.8) is 0 Å². The van der Waals surface area contributed by atoms with Crippen molar-refractivity contribution in [1.82, 2.24) is 15.5 Å². The second-order valence-corrected chi connectivity index (χ2v) is 16.6. The molecule has 9 nitrogen and oxygen atoms in total. The third kappa shape index (κ3) is 8.14. The fourth-order valence-electron chi connectivity index (χ4n) is 10.8. The minimum Gasteiger partial charge on any atom is -0.446 e. The van der Waals surface area contributed by atoms with Crippen molar-refractivity contribution in [2.45, 2.75) is 169 Å². The maximum Gasteiger partial charge on any atom is 0.412 e. The number of hydrogen-bond donors (Lipinski definition) is 6. The molecular weight excluding hydrogens is 574 g/mol. The first kappa shape index (κ1) is 37.6. The van der Waals surface area contributed by atoms with E-state index in [2.05, 4.69) is 58.3 Å². The Kier molecular flexibility index (Phi) is 13.1. The number of allylic oxidation sites excluding steroid dienone is 1. The van der Waals surface area contributed by atoms with E-state index in [1.54, 1.807) is 4.90 Å². The molecule has 0 aromatic carbocycles. The van der Waals surface area contributed by atoms with Gasteiger partial charge in [0.25, 0.3) is 0 Å². The van der Waals surface area contributed by atoms with Gasteiger partial charge >= 0.3 is 6.09 Å². The maximum absolute atomic E-state index is 13.9. The van der Waals surface area contributed by atoms with Crippen molar-refractivity contribution in [3.8, 4) is 0 Å². The number of nitrogens with two attached hydrogens (primary N) is 4. The van der Waals surface area contributed by atoms with Gasteiger partial charge < -0.3 is 27.7 Å². The summed E-state index contributed by atoms with van der Waals surface area (Å²) in [5.41, 5.74) is 25.9. The van der Waals surface area contributed by atoms with Crippen molar-refractivity contribution < 1.29 is 9.53 Å². The van der Waals surface area contributed by atoms with Crippen LogP contribution in [0.5, 0.6) is 0 Å². The molecule has 10 unspecified atom stereocenters. The van der Waals surface area contributed by atoms with Crippen LogP contribution < -0.4 is 33.6 Å². The normalized spacial score (nSPS) is 34.5. The SMILES string of the molecule is CCCC(NC(N)N)N(C(=O)OC1CCC2(C)C(=CCC3C2CCC2(C)C(C(C)CCCC(C)C)CCC32)C1)C(CC)NC(N)N. The lowest BCUT2D eigenvalue weighted by Crippen LogP contribution is -2.65. The maximum atomic E-state index is 13.9. The van der Waals surface area contributed by atoms with Crippen LogP contribution in [-0.4, -0.2) is 42.0 Å². The summed E-state index contributed by atoms with van der Waals surface area (Å²) >= 11 is 0. The first-order chi connectivity index (χ1) is 21.7. The van der Waals surface area contributed by atoms with Gasteiger partial charge in [-0.05, 0) is 104 Å². The molecule has 46 heavy (non-hydrogen) atoms. The van der Waals surface area contributed by atoms with E-state index < -0.39 is 24.9 Å². The van der Waals surface area contributed by atoms with Crippen LogP contribution in [0.15, 0.2) is 11.6 Å². The van der Waals surface area contributed by atoms with Crippen LogP contribution in [0.3, 0.4) is 0 Å². The van der Waals surface area contributed by atoms with Gasteiger partial charge in [0.1, 0.15) is 18.7 Å². The zero-order valence-corrected chi connectivity index (χ0v) is 30.4. The number of ether oxygens (including phenoxy) is 1. The van der Waals surface area contributed by atoms with Gasteiger partial charge in [-0.25, -0.2) is 4.79 Å². The monoisotopic (exact) mass is 646 g/mol. The number of amides is 1. The smallest absolute Gasteiger partial charge is 0.412 e. The average molecular weight is 646 g/mol. The van der Waals surface area contributed by atoms with Gasteiger partial charge in [-0.15, -0.1) is 0 Å². The topological polar surface area (TPSA) is 158 Å². The molecule has 1 amide bonds. The van der Waals surface area contributed by atoms with E-state index in [0.717, 1.165) is 61.2 Å². The van der Waals surface area contributed by atoms with Gasteiger partial charge in [0.05, 0.1) is 12.3 Å². The Hall–Kier alpha value is -1.23. The molecule has 10 atom stereocenters. The predicted molar refractivity (Wildman–Crippen MR) is 189 cm³/mol. The van der Waals surface area contributed by atoms with E-state index in [1.165, 1.54) is 56.9 Å². The van der Waals surface area contributed by atoms with E-state index in [9.17, 15) is 4.79 Å². The molecule has 0 bridgehead atoms. The number of fused-ring (bicyclic) bond motifs is 5. The van der Waals surface area contributed by atoms with Crippen LogP contribution in [0.4, 0.5) is 4.79 Å². The second kappa shape index (κ2) is 16.0. The van der Waals surface area contributed by atoms with Crippen LogP contribution in [0.25, 0.3) is 0 Å². The summed E-state index contributed by atoms with van der Waals surface area (Å²) in [5.74, 6) is 4.87. The molecule has 0 saturated heterocycles. The summed E-state index contributed by atoms with van der Waals surface area (Å²) in [6.45, 7) is 16.5. The number of hydrogen-bond acceptors (Lipinski definition) is 8. The summed E-state index contributed by atoms with van der Waals surface area (Å²) in [5, 5.41) is 6.30. The van der Waals surface area contributed by atoms with E-state index in [1.807, 2.05) is 6.92 Å². The molecule has 0 aromatic rings. The van der Waals surface area contributed by atoms with Crippen LogP contribution in [0.2, 0.25) is 0 Å². The lowest BCUT2D eigenvalue weighted by atomic mass is 9.47. The molecule has 3 saturated carbocycles. The quantitative estimate of drug-likeness (QED) is 0.0897. The molecule has 0 heterocycles. The van der Waals surface area contributed by atoms with Crippen LogP contribution >= 0.6 is 0 Å². The molecule has 10 N–H and O–H groups in total. The summed E-state index contributed by atoms with van der Waals surface area (Å²) < 4.78 is 6.33. The Morgan fingerprint density at radius 3 is 2.26 bits per heavy atom. The van der Waals surface area contributed by atoms with Crippen molar-refractivity contribution in [2.75, 3.05) is 0 Å². The minimum absolute atomic E-state index is 0.153. The summed E-state index contributed by atoms with van der Waals surface area (Å²) in [4.78, 5) is 15.6. The van der Waals surface area contributed by atoms with Gasteiger partial charge in [-0.3, -0.25) is 15.5 Å². The van der Waals surface area contributed by atoms with Crippen molar-refractivity contribution in [3.05, 3.63) is 11.6 Å². The Morgan fingerprint density at radius 1 is 0.935 bits per heavy atom. The first-order valence-electron chi connectivity index (χ1n) is 19.0. The number of carbonyl (C=O) groups excluding carboxylic acids is 1.